The third-order valence-corrected chi connectivity index (χ3v) is 1.57. The number of fused-ring (bicyclic) bond motifs is 2. The SMILES string of the molecule is C1=CC2COC(C2)O1. The maximum Gasteiger partial charge on any atom is 0.199 e. The van der Waals surface area contributed by atoms with Gasteiger partial charge in [-0.1, -0.05) is 0 Å². The lowest BCUT2D eigenvalue weighted by Crippen LogP contribution is -2.08. The van der Waals surface area contributed by atoms with Gasteiger partial charge >= 0.3 is 0 Å². The van der Waals surface area contributed by atoms with E-state index in [1.54, 1.807) is 6.26 Å². The van der Waals surface area contributed by atoms with Crippen LogP contribution in [-0.2, 0) is 9.47 Å². The van der Waals surface area contributed by atoms with Crippen LogP contribution in [-0.4, -0.2) is 12.9 Å². The smallest absolute Gasteiger partial charge is 0.199 e. The van der Waals surface area contributed by atoms with Crippen LogP contribution in [0.2, 0.25) is 0 Å². The summed E-state index contributed by atoms with van der Waals surface area (Å²) in [6, 6.07) is 0. The highest BCUT2D eigenvalue weighted by Gasteiger charge is 2.26. The van der Waals surface area contributed by atoms with E-state index in [-0.39, 0.29) is 6.29 Å². The quantitative estimate of drug-likeness (QED) is 0.463. The zero-order valence-corrected chi connectivity index (χ0v) is 4.54. The fraction of sp³-hybridized carbons (Fsp3) is 0.667. The van der Waals surface area contributed by atoms with E-state index in [0.717, 1.165) is 13.0 Å². The highest BCUT2D eigenvalue weighted by atomic mass is 16.7. The van der Waals surface area contributed by atoms with Gasteiger partial charge in [0.25, 0.3) is 0 Å². The first-order chi connectivity index (χ1) is 3.95. The molecule has 0 aromatic heterocycles. The fourth-order valence-electron chi connectivity index (χ4n) is 1.09. The summed E-state index contributed by atoms with van der Waals surface area (Å²) in [6.45, 7) is 0.848. The average molecular weight is 112 g/mol. The normalized spacial score (nSPS) is 42.0. The van der Waals surface area contributed by atoms with Crippen LogP contribution in [0.1, 0.15) is 6.42 Å². The zero-order valence-electron chi connectivity index (χ0n) is 4.54. The highest BCUT2D eigenvalue weighted by molar-refractivity contribution is 4.91. The second-order valence-corrected chi connectivity index (χ2v) is 2.22. The second kappa shape index (κ2) is 1.49. The minimum Gasteiger partial charge on any atom is -0.473 e. The van der Waals surface area contributed by atoms with Crippen molar-refractivity contribution in [1.29, 1.82) is 0 Å². The fourth-order valence-corrected chi connectivity index (χ4v) is 1.09. The van der Waals surface area contributed by atoms with E-state index < -0.39 is 0 Å². The molecule has 0 saturated carbocycles. The molecule has 1 saturated heterocycles. The maximum absolute atomic E-state index is 5.19. The van der Waals surface area contributed by atoms with Crippen molar-refractivity contribution >= 4 is 0 Å². The number of rotatable bonds is 0. The first-order valence-corrected chi connectivity index (χ1v) is 2.89. The van der Waals surface area contributed by atoms with Crippen LogP contribution in [0.4, 0.5) is 0 Å². The molecule has 0 radical (unpaired) electrons. The first kappa shape index (κ1) is 4.39. The molecule has 2 heterocycles. The molecule has 0 aliphatic carbocycles. The van der Waals surface area contributed by atoms with Crippen LogP contribution in [0.5, 0.6) is 0 Å². The lowest BCUT2D eigenvalue weighted by atomic mass is 10.1. The summed E-state index contributed by atoms with van der Waals surface area (Å²) in [6.07, 6.45) is 4.93. The van der Waals surface area contributed by atoms with Crippen molar-refractivity contribution < 1.29 is 9.47 Å². The average Bonchev–Trinajstić information content (AvgIpc) is 2.12. The van der Waals surface area contributed by atoms with Gasteiger partial charge in [0.05, 0.1) is 12.9 Å². The molecule has 1 fully saturated rings. The molecule has 44 valence electrons. The first-order valence-electron chi connectivity index (χ1n) is 2.89. The van der Waals surface area contributed by atoms with Crippen LogP contribution in [0.15, 0.2) is 12.3 Å². The third-order valence-electron chi connectivity index (χ3n) is 1.57. The van der Waals surface area contributed by atoms with Gasteiger partial charge in [0.1, 0.15) is 0 Å². The Kier molecular flexibility index (Phi) is 0.815. The van der Waals surface area contributed by atoms with Gasteiger partial charge in [-0.2, -0.15) is 0 Å². The van der Waals surface area contributed by atoms with Crippen molar-refractivity contribution in [3.05, 3.63) is 12.3 Å². The van der Waals surface area contributed by atoms with Crippen molar-refractivity contribution in [1.82, 2.24) is 0 Å². The molecule has 8 heavy (non-hydrogen) atoms. The third kappa shape index (κ3) is 0.530. The molecule has 0 spiro atoms. The summed E-state index contributed by atoms with van der Waals surface area (Å²) < 4.78 is 10.3. The van der Waals surface area contributed by atoms with Gasteiger partial charge in [0, 0.05) is 12.3 Å². The molecule has 2 bridgehead atoms. The van der Waals surface area contributed by atoms with Gasteiger partial charge in [-0.05, 0) is 6.08 Å². The van der Waals surface area contributed by atoms with Crippen LogP contribution in [0.3, 0.4) is 0 Å². The van der Waals surface area contributed by atoms with Crippen molar-refractivity contribution in [2.45, 2.75) is 12.7 Å². The molecule has 2 heteroatoms. The topological polar surface area (TPSA) is 18.5 Å². The van der Waals surface area contributed by atoms with Crippen LogP contribution in [0.25, 0.3) is 0 Å². The van der Waals surface area contributed by atoms with Gasteiger partial charge in [0.15, 0.2) is 6.29 Å². The minimum atomic E-state index is 0.0741. The molecule has 2 rings (SSSR count). The monoisotopic (exact) mass is 112 g/mol. The Morgan fingerprint density at radius 2 is 2.50 bits per heavy atom. The van der Waals surface area contributed by atoms with E-state index >= 15 is 0 Å². The van der Waals surface area contributed by atoms with E-state index in [2.05, 4.69) is 6.08 Å². The molecule has 0 aromatic rings. The van der Waals surface area contributed by atoms with E-state index in [9.17, 15) is 0 Å². The Bertz CT molecular complexity index is 120. The van der Waals surface area contributed by atoms with Gasteiger partial charge in [-0.3, -0.25) is 0 Å². The van der Waals surface area contributed by atoms with E-state index in [1.807, 2.05) is 0 Å². The summed E-state index contributed by atoms with van der Waals surface area (Å²) in [4.78, 5) is 0. The molecular weight excluding hydrogens is 104 g/mol. The zero-order chi connectivity index (χ0) is 5.40. The minimum absolute atomic E-state index is 0.0741. The lowest BCUT2D eigenvalue weighted by Gasteiger charge is -2.10. The number of hydrogen-bond acceptors (Lipinski definition) is 2. The standard InChI is InChI=1S/C6H8O2/c1-2-7-6-3-5(1)4-8-6/h1-2,5-6H,3-4H2. The lowest BCUT2D eigenvalue weighted by molar-refractivity contribution is -0.0674. The number of ether oxygens (including phenoxy) is 2. The molecule has 2 aliphatic heterocycles. The Labute approximate surface area is 48.1 Å². The van der Waals surface area contributed by atoms with Crippen LogP contribution in [0, 0.1) is 5.92 Å². The largest absolute Gasteiger partial charge is 0.473 e. The van der Waals surface area contributed by atoms with Gasteiger partial charge in [0.2, 0.25) is 0 Å². The molecule has 0 N–H and O–H groups in total. The van der Waals surface area contributed by atoms with E-state index in [1.165, 1.54) is 0 Å². The summed E-state index contributed by atoms with van der Waals surface area (Å²) in [7, 11) is 0. The van der Waals surface area contributed by atoms with Crippen molar-refractivity contribution in [2.24, 2.45) is 5.92 Å². The summed E-state index contributed by atoms with van der Waals surface area (Å²) in [5.41, 5.74) is 0. The van der Waals surface area contributed by atoms with Crippen molar-refractivity contribution in [2.75, 3.05) is 6.61 Å². The highest BCUT2D eigenvalue weighted by Crippen LogP contribution is 2.25. The molecule has 0 aromatic carbocycles. The summed E-state index contributed by atoms with van der Waals surface area (Å²) in [5, 5.41) is 0. The molecule has 2 aliphatic rings. The molecule has 2 atom stereocenters. The Morgan fingerprint density at radius 3 is 3.25 bits per heavy atom. The van der Waals surface area contributed by atoms with Gasteiger partial charge < -0.3 is 9.47 Å². The Hall–Kier alpha value is -0.500. The molecule has 2 unspecified atom stereocenters. The number of hydrogen-bond donors (Lipinski definition) is 0. The van der Waals surface area contributed by atoms with Crippen molar-refractivity contribution in [3.8, 4) is 0 Å². The Balaban J connectivity index is 2.17. The van der Waals surface area contributed by atoms with Gasteiger partial charge in [-0.25, -0.2) is 0 Å². The Morgan fingerprint density at radius 1 is 1.50 bits per heavy atom. The molecule has 0 amide bonds. The van der Waals surface area contributed by atoms with Crippen molar-refractivity contribution in [3.63, 3.8) is 0 Å². The van der Waals surface area contributed by atoms with E-state index in [4.69, 9.17) is 9.47 Å². The van der Waals surface area contributed by atoms with E-state index in [0.29, 0.717) is 5.92 Å². The second-order valence-electron chi connectivity index (χ2n) is 2.22. The van der Waals surface area contributed by atoms with Gasteiger partial charge in [-0.15, -0.1) is 0 Å². The molecular formula is C6H8O2. The summed E-state index contributed by atoms with van der Waals surface area (Å²) >= 11 is 0. The molecule has 2 nitrogen and oxygen atoms in total. The van der Waals surface area contributed by atoms with Crippen LogP contribution < -0.4 is 0 Å². The predicted molar refractivity (Wildman–Crippen MR) is 28.1 cm³/mol. The predicted octanol–water partition coefficient (Wildman–Crippen LogP) is 0.893. The maximum atomic E-state index is 5.19. The van der Waals surface area contributed by atoms with Crippen LogP contribution >= 0.6 is 0 Å². The summed E-state index contributed by atoms with van der Waals surface area (Å²) in [5.74, 6) is 0.633.